The molecule has 0 N–H and O–H groups in total. The third-order valence-corrected chi connectivity index (χ3v) is 5.71. The topological polar surface area (TPSA) is 88.2 Å². The summed E-state index contributed by atoms with van der Waals surface area (Å²) in [6.07, 6.45) is 0.759. The third-order valence-electron chi connectivity index (χ3n) is 5.45. The molecule has 0 atom stereocenters. The summed E-state index contributed by atoms with van der Waals surface area (Å²) < 4.78 is 5.32. The van der Waals surface area contributed by atoms with Crippen molar-refractivity contribution in [1.29, 1.82) is 0 Å². The smallest absolute Gasteiger partial charge is 0.227 e. The number of hydrogen-bond acceptors (Lipinski definition) is 7. The second kappa shape index (κ2) is 9.65. The third kappa shape index (κ3) is 5.24. The van der Waals surface area contributed by atoms with Crippen molar-refractivity contribution in [2.75, 3.05) is 31.1 Å². The second-order valence-electron chi connectivity index (χ2n) is 8.27. The van der Waals surface area contributed by atoms with Crippen LogP contribution in [-0.4, -0.2) is 57.1 Å². The SMILES string of the molecule is Cc1cc(N2CCN(C(=O)CCc3nc(-c4ccc(Cl)cc4)no3)CC2)nc(C(C)C)n1. The summed E-state index contributed by atoms with van der Waals surface area (Å²) in [5.41, 5.74) is 1.79. The zero-order chi connectivity index (χ0) is 22.7. The number of piperazine rings is 1. The summed E-state index contributed by atoms with van der Waals surface area (Å²) in [4.78, 5) is 30.4. The molecule has 1 aliphatic heterocycles. The zero-order valence-electron chi connectivity index (χ0n) is 18.6. The van der Waals surface area contributed by atoms with Gasteiger partial charge in [-0.3, -0.25) is 4.79 Å². The lowest BCUT2D eigenvalue weighted by Crippen LogP contribution is -2.49. The number of carbonyl (C=O) groups is 1. The Morgan fingerprint density at radius 1 is 1.09 bits per heavy atom. The molecule has 3 heterocycles. The van der Waals surface area contributed by atoms with Gasteiger partial charge >= 0.3 is 0 Å². The molecule has 3 aromatic rings. The Bertz CT molecular complexity index is 1070. The number of anilines is 1. The van der Waals surface area contributed by atoms with Gasteiger partial charge in [0.05, 0.1) is 0 Å². The number of aromatic nitrogens is 4. The van der Waals surface area contributed by atoms with E-state index in [-0.39, 0.29) is 11.8 Å². The van der Waals surface area contributed by atoms with E-state index in [1.54, 1.807) is 12.1 Å². The molecule has 1 aromatic carbocycles. The number of hydrogen-bond donors (Lipinski definition) is 0. The van der Waals surface area contributed by atoms with E-state index < -0.39 is 0 Å². The number of benzene rings is 1. The van der Waals surface area contributed by atoms with Crippen molar-refractivity contribution in [1.82, 2.24) is 25.0 Å². The van der Waals surface area contributed by atoms with Crippen molar-refractivity contribution in [2.45, 2.75) is 39.5 Å². The van der Waals surface area contributed by atoms with E-state index in [0.29, 0.717) is 42.7 Å². The average Bonchev–Trinajstić information content (AvgIpc) is 3.26. The fourth-order valence-corrected chi connectivity index (χ4v) is 3.75. The van der Waals surface area contributed by atoms with Gasteiger partial charge < -0.3 is 14.3 Å². The van der Waals surface area contributed by atoms with E-state index in [9.17, 15) is 4.79 Å². The second-order valence-corrected chi connectivity index (χ2v) is 8.70. The van der Waals surface area contributed by atoms with Gasteiger partial charge in [0.15, 0.2) is 0 Å². The number of nitrogens with zero attached hydrogens (tertiary/aromatic N) is 6. The van der Waals surface area contributed by atoms with Crippen LogP contribution in [0.15, 0.2) is 34.9 Å². The summed E-state index contributed by atoms with van der Waals surface area (Å²) in [5, 5.41) is 4.65. The van der Waals surface area contributed by atoms with Crippen LogP contribution in [0.2, 0.25) is 5.02 Å². The standard InChI is InChI=1S/C23H27ClN6O2/c1-15(2)22-25-16(3)14-19(26-22)29-10-12-30(13-11-29)21(31)9-8-20-27-23(28-32-20)17-4-6-18(24)7-5-17/h4-7,14-15H,8-13H2,1-3H3. The molecular formula is C23H27ClN6O2. The van der Waals surface area contributed by atoms with E-state index in [2.05, 4.69) is 33.9 Å². The van der Waals surface area contributed by atoms with Crippen LogP contribution in [0.3, 0.4) is 0 Å². The maximum atomic E-state index is 12.7. The lowest BCUT2D eigenvalue weighted by atomic mass is 10.2. The van der Waals surface area contributed by atoms with Gasteiger partial charge in [0.1, 0.15) is 11.6 Å². The van der Waals surface area contributed by atoms with E-state index in [0.717, 1.165) is 36.0 Å². The number of carbonyl (C=O) groups excluding carboxylic acids is 1. The minimum absolute atomic E-state index is 0.0950. The molecule has 0 radical (unpaired) electrons. The van der Waals surface area contributed by atoms with Crippen LogP contribution in [0.25, 0.3) is 11.4 Å². The Hall–Kier alpha value is -3.00. The van der Waals surface area contributed by atoms with Gasteiger partial charge in [-0.15, -0.1) is 0 Å². The summed E-state index contributed by atoms with van der Waals surface area (Å²) in [6, 6.07) is 9.25. The molecule has 2 aromatic heterocycles. The fraction of sp³-hybridized carbons (Fsp3) is 0.435. The first-order valence-electron chi connectivity index (χ1n) is 10.9. The average molecular weight is 455 g/mol. The Morgan fingerprint density at radius 3 is 2.50 bits per heavy atom. The molecule has 0 spiro atoms. The van der Waals surface area contributed by atoms with E-state index in [1.165, 1.54) is 0 Å². The summed E-state index contributed by atoms with van der Waals surface area (Å²) in [7, 11) is 0. The summed E-state index contributed by atoms with van der Waals surface area (Å²) >= 11 is 5.92. The first-order chi connectivity index (χ1) is 15.4. The molecule has 4 rings (SSSR count). The number of rotatable bonds is 6. The first-order valence-corrected chi connectivity index (χ1v) is 11.2. The molecule has 0 saturated carbocycles. The predicted octanol–water partition coefficient (Wildman–Crippen LogP) is 3.89. The first kappa shape index (κ1) is 22.2. The normalized spacial score (nSPS) is 14.3. The molecule has 1 saturated heterocycles. The van der Waals surface area contributed by atoms with Gasteiger partial charge in [0.25, 0.3) is 0 Å². The number of halogens is 1. The molecule has 168 valence electrons. The van der Waals surface area contributed by atoms with Crippen molar-refractivity contribution >= 4 is 23.3 Å². The molecule has 9 heteroatoms. The van der Waals surface area contributed by atoms with Gasteiger partial charge in [-0.2, -0.15) is 4.98 Å². The van der Waals surface area contributed by atoms with Gasteiger partial charge in [0.2, 0.25) is 17.6 Å². The zero-order valence-corrected chi connectivity index (χ0v) is 19.3. The number of aryl methyl sites for hydroxylation is 2. The molecule has 1 amide bonds. The monoisotopic (exact) mass is 454 g/mol. The van der Waals surface area contributed by atoms with Crippen LogP contribution >= 0.6 is 11.6 Å². The van der Waals surface area contributed by atoms with Crippen molar-refractivity contribution in [3.8, 4) is 11.4 Å². The Labute approximate surface area is 192 Å². The van der Waals surface area contributed by atoms with Crippen LogP contribution in [0, 0.1) is 6.92 Å². The highest BCUT2D eigenvalue weighted by Gasteiger charge is 2.23. The van der Waals surface area contributed by atoms with Gasteiger partial charge in [-0.1, -0.05) is 30.6 Å². The van der Waals surface area contributed by atoms with Gasteiger partial charge in [-0.25, -0.2) is 9.97 Å². The highest BCUT2D eigenvalue weighted by molar-refractivity contribution is 6.30. The molecule has 8 nitrogen and oxygen atoms in total. The quantitative estimate of drug-likeness (QED) is 0.558. The van der Waals surface area contributed by atoms with Crippen molar-refractivity contribution in [3.63, 3.8) is 0 Å². The summed E-state index contributed by atoms with van der Waals surface area (Å²) in [5.74, 6) is 3.13. The summed E-state index contributed by atoms with van der Waals surface area (Å²) in [6.45, 7) is 9.01. The Morgan fingerprint density at radius 2 is 1.81 bits per heavy atom. The molecule has 0 bridgehead atoms. The van der Waals surface area contributed by atoms with Crippen molar-refractivity contribution in [3.05, 3.63) is 52.8 Å². The minimum Gasteiger partial charge on any atom is -0.353 e. The van der Waals surface area contributed by atoms with Gasteiger partial charge in [0, 0.05) is 67.3 Å². The highest BCUT2D eigenvalue weighted by atomic mass is 35.5. The van der Waals surface area contributed by atoms with Crippen molar-refractivity contribution < 1.29 is 9.32 Å². The molecule has 1 fully saturated rings. The highest BCUT2D eigenvalue weighted by Crippen LogP contribution is 2.20. The lowest BCUT2D eigenvalue weighted by Gasteiger charge is -2.35. The van der Waals surface area contributed by atoms with Crippen LogP contribution in [0.5, 0.6) is 0 Å². The molecular weight excluding hydrogens is 428 g/mol. The van der Waals surface area contributed by atoms with E-state index >= 15 is 0 Å². The maximum Gasteiger partial charge on any atom is 0.227 e. The van der Waals surface area contributed by atoms with Crippen LogP contribution in [0.1, 0.15) is 43.6 Å². The fourth-order valence-electron chi connectivity index (χ4n) is 3.62. The number of amides is 1. The van der Waals surface area contributed by atoms with E-state index in [1.807, 2.05) is 30.0 Å². The van der Waals surface area contributed by atoms with Crippen LogP contribution < -0.4 is 4.90 Å². The van der Waals surface area contributed by atoms with Crippen LogP contribution in [0.4, 0.5) is 5.82 Å². The predicted molar refractivity (Wildman–Crippen MR) is 123 cm³/mol. The van der Waals surface area contributed by atoms with Crippen molar-refractivity contribution in [2.24, 2.45) is 0 Å². The Kier molecular flexibility index (Phi) is 6.69. The lowest BCUT2D eigenvalue weighted by molar-refractivity contribution is -0.131. The minimum atomic E-state index is 0.0950. The van der Waals surface area contributed by atoms with E-state index in [4.69, 9.17) is 21.1 Å². The largest absolute Gasteiger partial charge is 0.353 e. The molecule has 1 aliphatic rings. The molecule has 0 aliphatic carbocycles. The van der Waals surface area contributed by atoms with Crippen LogP contribution in [-0.2, 0) is 11.2 Å². The molecule has 0 unspecified atom stereocenters. The Balaban J connectivity index is 1.29. The maximum absolute atomic E-state index is 12.7. The van der Waals surface area contributed by atoms with Gasteiger partial charge in [-0.05, 0) is 31.2 Å². The molecule has 32 heavy (non-hydrogen) atoms.